The molecule has 0 heterocycles. The van der Waals surface area contributed by atoms with E-state index in [-0.39, 0.29) is 107 Å². The molecular formula is Cu2Se2Zn2. The molecule has 0 fully saturated rings. The Labute approximate surface area is 106 Å². The van der Waals surface area contributed by atoms with Crippen LogP contribution in [0.15, 0.2) is 0 Å². The van der Waals surface area contributed by atoms with Gasteiger partial charge in [-0.25, -0.2) is 0 Å². The predicted molar refractivity (Wildman–Crippen MR) is 11.5 cm³/mol. The summed E-state index contributed by atoms with van der Waals surface area (Å²) in [5.41, 5.74) is 0. The minimum Gasteiger partial charge on any atom is 0 e. The molecule has 0 unspecified atom stereocenters. The van der Waals surface area contributed by atoms with Gasteiger partial charge in [-0.2, -0.15) is 0 Å². The van der Waals surface area contributed by atoms with Gasteiger partial charge in [0, 0.05) is 107 Å². The quantitative estimate of drug-likeness (QED) is 0.456. The zero-order chi connectivity index (χ0) is 0. The van der Waals surface area contributed by atoms with E-state index >= 15 is 0 Å². The van der Waals surface area contributed by atoms with Gasteiger partial charge in [0.1, 0.15) is 0 Å². The van der Waals surface area contributed by atoms with Crippen LogP contribution in [0.4, 0.5) is 0 Å². The van der Waals surface area contributed by atoms with Gasteiger partial charge >= 0.3 is 0 Å². The molecule has 0 spiro atoms. The van der Waals surface area contributed by atoms with Crippen molar-refractivity contribution >= 4 is 34.1 Å². The van der Waals surface area contributed by atoms with E-state index in [1.54, 1.807) is 0 Å². The van der Waals surface area contributed by atoms with Crippen molar-refractivity contribution in [3.05, 3.63) is 0 Å². The van der Waals surface area contributed by atoms with Crippen LogP contribution in [0.25, 0.3) is 0 Å². The smallest absolute Gasteiger partial charge is 0 e. The predicted octanol–water partition coefficient (Wildman–Crippen LogP) is -0.772. The third kappa shape index (κ3) is 26.5. The van der Waals surface area contributed by atoms with Crippen molar-refractivity contribution in [3.63, 3.8) is 0 Å². The molecule has 0 aliphatic carbocycles. The number of hydrogen-bond acceptors (Lipinski definition) is 0. The minimum absolute atomic E-state index is 0. The van der Waals surface area contributed by atoms with Gasteiger partial charge in [0.05, 0.1) is 0 Å². The Balaban J connectivity index is 0. The maximum Gasteiger partial charge on any atom is 0 e. The molecule has 6 heavy (non-hydrogen) atoms. The Kier molecular flexibility index (Phi) is 394. The third-order valence-electron chi connectivity index (χ3n) is 0. The molecule has 0 aromatic rings. The van der Waals surface area contributed by atoms with Crippen LogP contribution >= 0.6 is 0 Å². The summed E-state index contributed by atoms with van der Waals surface area (Å²) in [5.74, 6) is 0. The molecule has 0 saturated carbocycles. The molecule has 6 heteroatoms. The zero-order valence-corrected chi connectivity index (χ0v) is 14.1. The third-order valence-corrected chi connectivity index (χ3v) is 0. The summed E-state index contributed by atoms with van der Waals surface area (Å²) in [6.45, 7) is 0. The first kappa shape index (κ1) is 58.5. The first-order valence-corrected chi connectivity index (χ1v) is 0. The van der Waals surface area contributed by atoms with E-state index in [0.717, 1.165) is 0 Å². The maximum absolute atomic E-state index is 0. The largest absolute Gasteiger partial charge is 0 e. The fourth-order valence-electron chi connectivity index (χ4n) is 0. The molecule has 0 aliphatic heterocycles. The van der Waals surface area contributed by atoms with Gasteiger partial charge in [0.25, 0.3) is 0 Å². The van der Waals surface area contributed by atoms with E-state index in [9.17, 15) is 0 Å². The molecule has 0 rings (SSSR count). The average Bonchev–Trinajstić information content (AvgIpc) is 0. The van der Waals surface area contributed by atoms with Crippen LogP contribution in [-0.2, 0) is 73.1 Å². The van der Waals surface area contributed by atoms with Crippen molar-refractivity contribution in [1.29, 1.82) is 0 Å². The SMILES string of the molecule is [Cu].[Cu].[Se].[Se].[Zn].[Zn]. The Morgan fingerprint density at radius 2 is 0.500 bits per heavy atom. The van der Waals surface area contributed by atoms with Crippen LogP contribution in [0.1, 0.15) is 0 Å². The number of hydrogen-bond donors (Lipinski definition) is 0. The second-order valence-electron chi connectivity index (χ2n) is 0. The molecule has 0 aromatic carbocycles. The van der Waals surface area contributed by atoms with Gasteiger partial charge in [-0.05, 0) is 0 Å². The molecule has 0 atom stereocenters. The molecule has 38 valence electrons. The van der Waals surface area contributed by atoms with E-state index in [2.05, 4.69) is 0 Å². The molecule has 0 nitrogen and oxygen atoms in total. The van der Waals surface area contributed by atoms with Crippen molar-refractivity contribution in [3.8, 4) is 0 Å². The standard InChI is InChI=1S/2Cu.2Se.2Zn. The Morgan fingerprint density at radius 1 is 0.500 bits per heavy atom. The van der Waals surface area contributed by atoms with Crippen molar-refractivity contribution in [1.82, 2.24) is 0 Å². The first-order valence-electron chi connectivity index (χ1n) is 0. The van der Waals surface area contributed by atoms with Gasteiger partial charge in [0.15, 0.2) is 0 Å². The van der Waals surface area contributed by atoms with Crippen molar-refractivity contribution in [2.45, 2.75) is 0 Å². The van der Waals surface area contributed by atoms with E-state index in [0.29, 0.717) is 0 Å². The molecule has 0 N–H and O–H groups in total. The zero-order valence-electron chi connectivity index (χ0n) is 2.83. The molecule has 0 bridgehead atoms. The van der Waals surface area contributed by atoms with Crippen molar-refractivity contribution in [2.24, 2.45) is 0 Å². The summed E-state index contributed by atoms with van der Waals surface area (Å²) in [4.78, 5) is 0. The van der Waals surface area contributed by atoms with Crippen LogP contribution < -0.4 is 0 Å². The summed E-state index contributed by atoms with van der Waals surface area (Å²) in [6.07, 6.45) is 0. The van der Waals surface area contributed by atoms with Gasteiger partial charge in [0.2, 0.25) is 0 Å². The van der Waals surface area contributed by atoms with Crippen molar-refractivity contribution in [2.75, 3.05) is 0 Å². The van der Waals surface area contributed by atoms with Crippen LogP contribution in [0.2, 0.25) is 0 Å². The van der Waals surface area contributed by atoms with Crippen LogP contribution in [-0.4, -0.2) is 34.1 Å². The van der Waals surface area contributed by atoms with Gasteiger partial charge in [-0.1, -0.05) is 0 Å². The average molecular weight is 416 g/mol. The summed E-state index contributed by atoms with van der Waals surface area (Å²) in [7, 11) is 0. The van der Waals surface area contributed by atoms with E-state index in [1.807, 2.05) is 0 Å². The van der Waals surface area contributed by atoms with Crippen LogP contribution in [0.3, 0.4) is 0 Å². The Bertz CT molecular complexity index is 9.51. The summed E-state index contributed by atoms with van der Waals surface area (Å²) >= 11 is 0. The normalized spacial score (nSPS) is 0. The topological polar surface area (TPSA) is 0 Å². The van der Waals surface area contributed by atoms with E-state index in [4.69, 9.17) is 0 Å². The van der Waals surface area contributed by atoms with Crippen molar-refractivity contribution < 1.29 is 73.1 Å². The summed E-state index contributed by atoms with van der Waals surface area (Å²) in [6, 6.07) is 0. The van der Waals surface area contributed by atoms with Crippen LogP contribution in [0.5, 0.6) is 0 Å². The Hall–Kier alpha value is 3.32. The minimum atomic E-state index is 0. The molecule has 0 amide bonds. The monoisotopic (exact) mass is 414 g/mol. The Morgan fingerprint density at radius 3 is 0.500 bits per heavy atom. The van der Waals surface area contributed by atoms with E-state index < -0.39 is 0 Å². The molecule has 0 saturated heterocycles. The second-order valence-corrected chi connectivity index (χ2v) is 0. The van der Waals surface area contributed by atoms with Gasteiger partial charge < -0.3 is 0 Å². The molecule has 0 aliphatic rings. The van der Waals surface area contributed by atoms with Crippen LogP contribution in [0, 0.1) is 0 Å². The first-order chi connectivity index (χ1) is 0. The number of rotatable bonds is 0. The fraction of sp³-hybridized carbons (Fsp3) is 0. The maximum atomic E-state index is 0. The molecule has 6 radical (unpaired) electrons. The second kappa shape index (κ2) is 40.4. The van der Waals surface area contributed by atoms with E-state index in [1.165, 1.54) is 0 Å². The van der Waals surface area contributed by atoms with Gasteiger partial charge in [-0.15, -0.1) is 0 Å². The fourth-order valence-corrected chi connectivity index (χ4v) is 0. The molecular weight excluding hydrogens is 416 g/mol. The van der Waals surface area contributed by atoms with Gasteiger partial charge in [-0.3, -0.25) is 0 Å². The summed E-state index contributed by atoms with van der Waals surface area (Å²) in [5, 5.41) is 0. The summed E-state index contributed by atoms with van der Waals surface area (Å²) < 4.78 is 0. The molecule has 0 aromatic heterocycles.